The van der Waals surface area contributed by atoms with Gasteiger partial charge in [0.2, 0.25) is 0 Å². The van der Waals surface area contributed by atoms with Gasteiger partial charge in [0.25, 0.3) is 0 Å². The predicted octanol–water partition coefficient (Wildman–Crippen LogP) is 3.52. The molecule has 1 atom stereocenters. The second-order valence-electron chi connectivity index (χ2n) is 5.77. The summed E-state index contributed by atoms with van der Waals surface area (Å²) in [5, 5.41) is 7.54. The molecule has 0 aromatic heterocycles. The van der Waals surface area contributed by atoms with E-state index in [2.05, 4.69) is 47.4 Å². The van der Waals surface area contributed by atoms with Crippen molar-refractivity contribution in [3.05, 3.63) is 34.9 Å². The molecule has 0 radical (unpaired) electrons. The van der Waals surface area contributed by atoms with E-state index in [-0.39, 0.29) is 0 Å². The minimum absolute atomic E-state index is 0.399. The van der Waals surface area contributed by atoms with E-state index in [1.165, 1.54) is 6.42 Å². The molecule has 2 N–H and O–H groups in total. The number of benzene rings is 1. The fraction of sp³-hybridized carbons (Fsp3) is 0.611. The lowest BCUT2D eigenvalue weighted by Gasteiger charge is -2.21. The Kier molecular flexibility index (Phi) is 9.72. The van der Waals surface area contributed by atoms with Crippen molar-refractivity contribution in [3.8, 4) is 0 Å². The van der Waals surface area contributed by atoms with Crippen LogP contribution in [-0.4, -0.2) is 43.6 Å². The van der Waals surface area contributed by atoms with Gasteiger partial charge in [-0.25, -0.2) is 0 Å². The molecule has 0 bridgehead atoms. The van der Waals surface area contributed by atoms with E-state index < -0.39 is 0 Å². The third kappa shape index (κ3) is 8.24. The molecule has 1 rings (SSSR count). The highest BCUT2D eigenvalue weighted by Crippen LogP contribution is 2.10. The Morgan fingerprint density at radius 2 is 2.04 bits per heavy atom. The van der Waals surface area contributed by atoms with Crippen molar-refractivity contribution in [3.63, 3.8) is 0 Å². The molecular weight excluding hydrogens is 308 g/mol. The van der Waals surface area contributed by atoms with Crippen LogP contribution in [0.25, 0.3) is 0 Å². The monoisotopic (exact) mass is 338 g/mol. The van der Waals surface area contributed by atoms with E-state index in [0.29, 0.717) is 12.6 Å². The summed E-state index contributed by atoms with van der Waals surface area (Å²) in [6, 6.07) is 8.27. The average Bonchev–Trinajstić information content (AvgIpc) is 2.55. The molecule has 0 aliphatic heterocycles. The maximum Gasteiger partial charge on any atom is 0.191 e. The van der Waals surface area contributed by atoms with Crippen LogP contribution in [-0.2, 0) is 6.54 Å². The molecule has 4 nitrogen and oxygen atoms in total. The molecule has 1 aromatic carbocycles. The van der Waals surface area contributed by atoms with Crippen LogP contribution in [0.1, 0.15) is 39.2 Å². The highest BCUT2D eigenvalue weighted by Gasteiger charge is 2.06. The molecule has 0 aliphatic rings. The first-order valence-corrected chi connectivity index (χ1v) is 8.90. The zero-order valence-corrected chi connectivity index (χ0v) is 15.7. The van der Waals surface area contributed by atoms with Crippen LogP contribution in [0.3, 0.4) is 0 Å². The van der Waals surface area contributed by atoms with Crippen LogP contribution < -0.4 is 10.6 Å². The molecule has 0 saturated carbocycles. The summed E-state index contributed by atoms with van der Waals surface area (Å²) < 4.78 is 0. The summed E-state index contributed by atoms with van der Waals surface area (Å²) >= 11 is 6.01. The third-order valence-electron chi connectivity index (χ3n) is 3.96. The van der Waals surface area contributed by atoms with Crippen molar-refractivity contribution >= 4 is 17.6 Å². The average molecular weight is 339 g/mol. The van der Waals surface area contributed by atoms with E-state index in [1.54, 1.807) is 7.05 Å². The Hall–Kier alpha value is -1.26. The van der Waals surface area contributed by atoms with Gasteiger partial charge in [0, 0.05) is 24.7 Å². The zero-order valence-electron chi connectivity index (χ0n) is 14.9. The second kappa shape index (κ2) is 11.3. The molecule has 5 heteroatoms. The molecular formula is C18H31ClN4. The van der Waals surface area contributed by atoms with Crippen LogP contribution in [0.5, 0.6) is 0 Å². The Morgan fingerprint density at radius 1 is 1.30 bits per heavy atom. The molecule has 1 unspecified atom stereocenters. The first-order valence-electron chi connectivity index (χ1n) is 8.53. The smallest absolute Gasteiger partial charge is 0.191 e. The first-order chi connectivity index (χ1) is 11.1. The number of nitrogens with one attached hydrogen (secondary N) is 2. The van der Waals surface area contributed by atoms with Gasteiger partial charge in [-0.3, -0.25) is 4.99 Å². The predicted molar refractivity (Wildman–Crippen MR) is 101 cm³/mol. The van der Waals surface area contributed by atoms with Crippen molar-refractivity contribution in [2.75, 3.05) is 26.7 Å². The van der Waals surface area contributed by atoms with Gasteiger partial charge >= 0.3 is 0 Å². The van der Waals surface area contributed by atoms with Gasteiger partial charge in [-0.2, -0.15) is 0 Å². The Balaban J connectivity index is 2.32. The van der Waals surface area contributed by atoms with Gasteiger partial charge in [0.1, 0.15) is 0 Å². The largest absolute Gasteiger partial charge is 0.354 e. The zero-order chi connectivity index (χ0) is 17.1. The van der Waals surface area contributed by atoms with Crippen LogP contribution in [0.2, 0.25) is 5.02 Å². The molecule has 1 aromatic rings. The number of guanidine groups is 1. The van der Waals surface area contributed by atoms with E-state index in [4.69, 9.17) is 11.6 Å². The lowest BCUT2D eigenvalue weighted by molar-refractivity contribution is 0.292. The standard InChI is InChI=1S/C18H31ClN4/c1-5-23(6-2)12-8-9-15(3)22-18(20-4)21-14-16-10-7-11-17(19)13-16/h7,10-11,13,15H,5-6,8-9,12,14H2,1-4H3,(H2,20,21,22). The van der Waals surface area contributed by atoms with Gasteiger partial charge in [0.05, 0.1) is 0 Å². The van der Waals surface area contributed by atoms with Crippen LogP contribution >= 0.6 is 11.6 Å². The van der Waals surface area contributed by atoms with Gasteiger partial charge in [-0.15, -0.1) is 0 Å². The maximum atomic E-state index is 6.01. The van der Waals surface area contributed by atoms with E-state index in [1.807, 2.05) is 18.2 Å². The van der Waals surface area contributed by atoms with Crippen LogP contribution in [0.4, 0.5) is 0 Å². The SMILES string of the molecule is CCN(CC)CCCC(C)NC(=NC)NCc1cccc(Cl)c1. The number of hydrogen-bond acceptors (Lipinski definition) is 2. The minimum atomic E-state index is 0.399. The molecule has 0 spiro atoms. The number of halogens is 1. The number of nitrogens with zero attached hydrogens (tertiary/aromatic N) is 2. The first kappa shape index (κ1) is 19.8. The van der Waals surface area contributed by atoms with Crippen molar-refractivity contribution < 1.29 is 0 Å². The molecule has 0 saturated heterocycles. The minimum Gasteiger partial charge on any atom is -0.354 e. The molecule has 0 amide bonds. The second-order valence-corrected chi connectivity index (χ2v) is 6.21. The summed E-state index contributed by atoms with van der Waals surface area (Å²) in [5.74, 6) is 0.834. The van der Waals surface area contributed by atoms with Crippen molar-refractivity contribution in [2.24, 2.45) is 4.99 Å². The molecule has 23 heavy (non-hydrogen) atoms. The fourth-order valence-corrected chi connectivity index (χ4v) is 2.71. The normalized spacial score (nSPS) is 13.2. The lowest BCUT2D eigenvalue weighted by atomic mass is 10.2. The number of rotatable bonds is 9. The van der Waals surface area contributed by atoms with E-state index in [0.717, 1.165) is 42.6 Å². The quantitative estimate of drug-likeness (QED) is 0.534. The Bertz CT molecular complexity index is 472. The summed E-state index contributed by atoms with van der Waals surface area (Å²) in [7, 11) is 1.80. The van der Waals surface area contributed by atoms with Gasteiger partial charge in [-0.1, -0.05) is 37.6 Å². The van der Waals surface area contributed by atoms with E-state index >= 15 is 0 Å². The highest BCUT2D eigenvalue weighted by atomic mass is 35.5. The summed E-state index contributed by atoms with van der Waals surface area (Å²) in [5.41, 5.74) is 1.15. The maximum absolute atomic E-state index is 6.01. The fourth-order valence-electron chi connectivity index (χ4n) is 2.49. The van der Waals surface area contributed by atoms with Gasteiger partial charge in [-0.05, 0) is 57.1 Å². The lowest BCUT2D eigenvalue weighted by Crippen LogP contribution is -2.42. The molecule has 0 aliphatic carbocycles. The topological polar surface area (TPSA) is 39.7 Å². The molecule has 0 heterocycles. The van der Waals surface area contributed by atoms with Gasteiger partial charge in [0.15, 0.2) is 5.96 Å². The summed E-state index contributed by atoms with van der Waals surface area (Å²) in [4.78, 5) is 6.75. The van der Waals surface area contributed by atoms with Crippen LogP contribution in [0, 0.1) is 0 Å². The van der Waals surface area contributed by atoms with E-state index in [9.17, 15) is 0 Å². The Morgan fingerprint density at radius 3 is 2.65 bits per heavy atom. The van der Waals surface area contributed by atoms with Crippen LogP contribution in [0.15, 0.2) is 29.3 Å². The van der Waals surface area contributed by atoms with Gasteiger partial charge < -0.3 is 15.5 Å². The number of aliphatic imine (C=N–C) groups is 1. The van der Waals surface area contributed by atoms with Crippen molar-refractivity contribution in [1.82, 2.24) is 15.5 Å². The third-order valence-corrected chi connectivity index (χ3v) is 4.20. The highest BCUT2D eigenvalue weighted by molar-refractivity contribution is 6.30. The van der Waals surface area contributed by atoms with Crippen molar-refractivity contribution in [2.45, 2.75) is 46.2 Å². The summed E-state index contributed by atoms with van der Waals surface area (Å²) in [6.07, 6.45) is 2.33. The Labute approximate surface area is 146 Å². The van der Waals surface area contributed by atoms with Crippen molar-refractivity contribution in [1.29, 1.82) is 0 Å². The molecule has 0 fully saturated rings. The molecule has 130 valence electrons. The summed E-state index contributed by atoms with van der Waals surface area (Å²) in [6.45, 7) is 10.8. The number of hydrogen-bond donors (Lipinski definition) is 2.